The van der Waals surface area contributed by atoms with Gasteiger partial charge in [-0.2, -0.15) is 8.78 Å². The van der Waals surface area contributed by atoms with Gasteiger partial charge in [0.05, 0.1) is 11.6 Å². The third kappa shape index (κ3) is 3.94. The van der Waals surface area contributed by atoms with Crippen LogP contribution in [0.1, 0.15) is 24.8 Å². The van der Waals surface area contributed by atoms with E-state index < -0.39 is 18.1 Å². The monoisotopic (exact) mass is 437 g/mol. The average Bonchev–Trinajstić information content (AvgIpc) is 2.76. The van der Waals surface area contributed by atoms with Crippen molar-refractivity contribution in [2.24, 2.45) is 10.7 Å². The van der Waals surface area contributed by atoms with E-state index in [1.165, 1.54) is 6.20 Å². The molecule has 2 N–H and O–H groups in total. The number of amidine groups is 1. The molecule has 1 aromatic carbocycles. The molecule has 1 spiro atoms. The highest BCUT2D eigenvalue weighted by molar-refractivity contribution is 6.30. The smallest absolute Gasteiger partial charge is 0.310 e. The molecule has 0 amide bonds. The molecule has 9 heteroatoms. The predicted molar refractivity (Wildman–Crippen MR) is 109 cm³/mol. The Kier molecular flexibility index (Phi) is 5.79. The van der Waals surface area contributed by atoms with Crippen LogP contribution in [0.5, 0.6) is 5.75 Å². The van der Waals surface area contributed by atoms with Gasteiger partial charge in [-0.25, -0.2) is 4.99 Å². The molecular weight excluding hydrogens is 416 g/mol. The van der Waals surface area contributed by atoms with Crippen molar-refractivity contribution in [1.82, 2.24) is 4.98 Å². The Morgan fingerprint density at radius 1 is 1.00 bits per heavy atom. The first-order valence-electron chi connectivity index (χ1n) is 9.73. The first-order chi connectivity index (χ1) is 14.4. The summed E-state index contributed by atoms with van der Waals surface area (Å²) in [5.41, 5.74) is 5.51. The zero-order valence-electron chi connectivity index (χ0n) is 16.2. The number of rotatable bonds is 1. The number of aromatic nitrogens is 1. The Bertz CT molecular complexity index is 957. The van der Waals surface area contributed by atoms with Gasteiger partial charge in [0.1, 0.15) is 12.4 Å². The fraction of sp³-hybridized carbons (Fsp3) is 0.429. The highest BCUT2D eigenvalue weighted by atomic mass is 35.5. The molecule has 2 aliphatic heterocycles. The third-order valence-electron chi connectivity index (χ3n) is 5.33. The van der Waals surface area contributed by atoms with E-state index in [0.717, 1.165) is 0 Å². The number of nitrogens with zero attached hydrogens (tertiary/aromatic N) is 2. The minimum atomic E-state index is -3.28. The maximum atomic E-state index is 15.4. The lowest BCUT2D eigenvalue weighted by Gasteiger charge is -2.41. The number of benzene rings is 1. The summed E-state index contributed by atoms with van der Waals surface area (Å²) in [6.07, 6.45) is 4.31. The first kappa shape index (κ1) is 20.8. The predicted octanol–water partition coefficient (Wildman–Crippen LogP) is 4.16. The SMILES string of the molecule is NC1=N[C@@]2(CCCCOCCOc3ccc(-c4cncc(Cl)c4)cc32)C(F)(F)CO1. The molecule has 0 fully saturated rings. The Hall–Kier alpha value is -2.45. The number of hydrogen-bond donors (Lipinski definition) is 1. The van der Waals surface area contributed by atoms with E-state index in [2.05, 4.69) is 9.98 Å². The van der Waals surface area contributed by atoms with Crippen LogP contribution in [-0.2, 0) is 15.0 Å². The molecule has 2 aliphatic rings. The average molecular weight is 438 g/mol. The molecule has 160 valence electrons. The van der Waals surface area contributed by atoms with Crippen LogP contribution in [0, 0.1) is 0 Å². The molecule has 30 heavy (non-hydrogen) atoms. The third-order valence-corrected chi connectivity index (χ3v) is 5.54. The molecule has 0 unspecified atom stereocenters. The Balaban J connectivity index is 1.92. The van der Waals surface area contributed by atoms with Gasteiger partial charge in [0.15, 0.2) is 12.1 Å². The quantitative estimate of drug-likeness (QED) is 0.724. The van der Waals surface area contributed by atoms with Crippen molar-refractivity contribution in [3.05, 3.63) is 47.2 Å². The van der Waals surface area contributed by atoms with Gasteiger partial charge in [-0.1, -0.05) is 17.7 Å². The molecule has 1 atom stereocenters. The first-order valence-corrected chi connectivity index (χ1v) is 10.1. The molecule has 1 aromatic heterocycles. The van der Waals surface area contributed by atoms with Crippen LogP contribution in [0.3, 0.4) is 0 Å². The summed E-state index contributed by atoms with van der Waals surface area (Å²) in [4.78, 5) is 8.28. The highest BCUT2D eigenvalue weighted by Crippen LogP contribution is 2.51. The fourth-order valence-electron chi connectivity index (χ4n) is 3.84. The normalized spacial score (nSPS) is 24.0. The second kappa shape index (κ2) is 8.35. The zero-order chi connectivity index (χ0) is 21.2. The number of halogens is 3. The Morgan fingerprint density at radius 2 is 1.87 bits per heavy atom. The number of ether oxygens (including phenoxy) is 3. The lowest BCUT2D eigenvalue weighted by atomic mass is 9.78. The summed E-state index contributed by atoms with van der Waals surface area (Å²) in [5, 5.41) is 0.450. The number of nitrogens with two attached hydrogens (primary N) is 1. The van der Waals surface area contributed by atoms with Gasteiger partial charge in [-0.05, 0) is 43.0 Å². The van der Waals surface area contributed by atoms with Gasteiger partial charge < -0.3 is 19.9 Å². The number of alkyl halides is 2. The van der Waals surface area contributed by atoms with Crippen molar-refractivity contribution >= 4 is 17.6 Å². The van der Waals surface area contributed by atoms with Crippen molar-refractivity contribution < 1.29 is 23.0 Å². The largest absolute Gasteiger partial charge is 0.491 e. The lowest BCUT2D eigenvalue weighted by molar-refractivity contribution is -0.126. The van der Waals surface area contributed by atoms with Gasteiger partial charge in [0, 0.05) is 30.1 Å². The highest BCUT2D eigenvalue weighted by Gasteiger charge is 2.59. The molecule has 0 saturated carbocycles. The van der Waals surface area contributed by atoms with Gasteiger partial charge in [0.25, 0.3) is 6.02 Å². The van der Waals surface area contributed by atoms with Crippen molar-refractivity contribution in [3.8, 4) is 16.9 Å². The van der Waals surface area contributed by atoms with E-state index in [1.807, 2.05) is 0 Å². The molecule has 4 rings (SSSR count). The van der Waals surface area contributed by atoms with Gasteiger partial charge in [-0.3, -0.25) is 4.98 Å². The molecule has 3 heterocycles. The molecular formula is C21H22ClF2N3O3. The van der Waals surface area contributed by atoms with Crippen LogP contribution in [0.4, 0.5) is 8.78 Å². The van der Waals surface area contributed by atoms with Crippen LogP contribution < -0.4 is 10.5 Å². The number of pyridine rings is 1. The van der Waals surface area contributed by atoms with Crippen LogP contribution in [0.25, 0.3) is 11.1 Å². The van der Waals surface area contributed by atoms with Crippen LogP contribution >= 0.6 is 11.6 Å². The van der Waals surface area contributed by atoms with Crippen molar-refractivity contribution in [2.75, 3.05) is 26.4 Å². The van der Waals surface area contributed by atoms with E-state index in [1.54, 1.807) is 30.5 Å². The summed E-state index contributed by atoms with van der Waals surface area (Å²) in [7, 11) is 0. The summed E-state index contributed by atoms with van der Waals surface area (Å²) in [5.74, 6) is -2.97. The maximum Gasteiger partial charge on any atom is 0.310 e. The molecule has 0 saturated heterocycles. The topological polar surface area (TPSA) is 79.0 Å². The van der Waals surface area contributed by atoms with E-state index in [4.69, 9.17) is 31.5 Å². The number of fused-ring (bicyclic) bond motifs is 2. The van der Waals surface area contributed by atoms with Gasteiger partial charge in [0.2, 0.25) is 0 Å². The zero-order valence-corrected chi connectivity index (χ0v) is 17.0. The second-order valence-corrected chi connectivity index (χ2v) is 7.76. The van der Waals surface area contributed by atoms with Gasteiger partial charge >= 0.3 is 5.92 Å². The van der Waals surface area contributed by atoms with Crippen molar-refractivity contribution in [3.63, 3.8) is 0 Å². The maximum absolute atomic E-state index is 15.4. The molecule has 0 aliphatic carbocycles. The molecule has 6 nitrogen and oxygen atoms in total. The van der Waals surface area contributed by atoms with E-state index in [-0.39, 0.29) is 24.6 Å². The summed E-state index contributed by atoms with van der Waals surface area (Å²) < 4.78 is 47.1. The van der Waals surface area contributed by atoms with Crippen molar-refractivity contribution in [1.29, 1.82) is 0 Å². The number of aliphatic imine (C=N–C) groups is 1. The minimum Gasteiger partial charge on any atom is -0.491 e. The van der Waals surface area contributed by atoms with E-state index >= 15 is 8.78 Å². The van der Waals surface area contributed by atoms with E-state index in [0.29, 0.717) is 48.0 Å². The van der Waals surface area contributed by atoms with Crippen LogP contribution in [0.2, 0.25) is 5.02 Å². The molecule has 0 bridgehead atoms. The van der Waals surface area contributed by atoms with Crippen molar-refractivity contribution in [2.45, 2.75) is 30.7 Å². The Morgan fingerprint density at radius 3 is 2.70 bits per heavy atom. The number of hydrogen-bond acceptors (Lipinski definition) is 6. The lowest BCUT2D eigenvalue weighted by Crippen LogP contribution is -2.53. The van der Waals surface area contributed by atoms with Gasteiger partial charge in [-0.15, -0.1) is 0 Å². The summed E-state index contributed by atoms with van der Waals surface area (Å²) >= 11 is 6.07. The molecule has 2 aromatic rings. The Labute approximate surface area is 178 Å². The van der Waals surface area contributed by atoms with Crippen LogP contribution in [-0.4, -0.2) is 43.4 Å². The fourth-order valence-corrected chi connectivity index (χ4v) is 4.02. The molecule has 0 radical (unpaired) electrons. The van der Waals surface area contributed by atoms with Crippen LogP contribution in [0.15, 0.2) is 41.7 Å². The minimum absolute atomic E-state index is 0.0705. The summed E-state index contributed by atoms with van der Waals surface area (Å²) in [6.45, 7) is 0.234. The second-order valence-electron chi connectivity index (χ2n) is 7.32. The van der Waals surface area contributed by atoms with E-state index in [9.17, 15) is 0 Å². The summed E-state index contributed by atoms with van der Waals surface area (Å²) in [6, 6.07) is 6.58. The standard InChI is InChI=1S/C21H22ClF2N3O3/c22-16-9-15(11-26-12-16)14-3-4-18-17(10-14)20(5-1-2-6-28-7-8-29-18)21(23,24)13-30-19(25)27-20/h3-4,9-12H,1-2,5-8,13H2,(H2,25,27)/t20-/m1/s1.